The number of aryl methyl sites for hydroxylation is 1. The second kappa shape index (κ2) is 6.76. The number of fused-ring (bicyclic) bond motifs is 1. The SMILES string of the molecule is CCOCCOc1ccc2c(c1)C(NC)CCC2. The molecule has 1 aromatic rings. The molecule has 1 atom stereocenters. The van der Waals surface area contributed by atoms with Crippen molar-refractivity contribution >= 4 is 0 Å². The quantitative estimate of drug-likeness (QED) is 0.786. The van der Waals surface area contributed by atoms with Crippen LogP contribution in [-0.2, 0) is 11.2 Å². The molecule has 1 N–H and O–H groups in total. The molecule has 1 aliphatic carbocycles. The van der Waals surface area contributed by atoms with Crippen LogP contribution in [0.25, 0.3) is 0 Å². The molecule has 3 heteroatoms. The van der Waals surface area contributed by atoms with Crippen molar-refractivity contribution in [2.75, 3.05) is 26.9 Å². The van der Waals surface area contributed by atoms with Crippen LogP contribution in [0.4, 0.5) is 0 Å². The maximum absolute atomic E-state index is 5.71. The summed E-state index contributed by atoms with van der Waals surface area (Å²) in [5.41, 5.74) is 2.86. The van der Waals surface area contributed by atoms with E-state index in [4.69, 9.17) is 9.47 Å². The van der Waals surface area contributed by atoms with Crippen LogP contribution < -0.4 is 10.1 Å². The van der Waals surface area contributed by atoms with E-state index in [0.717, 1.165) is 12.4 Å². The van der Waals surface area contributed by atoms with Crippen LogP contribution in [0.2, 0.25) is 0 Å². The lowest BCUT2D eigenvalue weighted by Gasteiger charge is -2.25. The Balaban J connectivity index is 2.01. The number of hydrogen-bond acceptors (Lipinski definition) is 3. The number of nitrogens with one attached hydrogen (secondary N) is 1. The smallest absolute Gasteiger partial charge is 0.119 e. The summed E-state index contributed by atoms with van der Waals surface area (Å²) in [6.45, 7) is 4.02. The molecular formula is C15H23NO2. The summed E-state index contributed by atoms with van der Waals surface area (Å²) in [4.78, 5) is 0. The van der Waals surface area contributed by atoms with E-state index in [9.17, 15) is 0 Å². The van der Waals surface area contributed by atoms with Crippen LogP contribution in [0.5, 0.6) is 5.75 Å². The van der Waals surface area contributed by atoms with E-state index in [1.165, 1.54) is 30.4 Å². The predicted octanol–water partition coefficient (Wildman–Crippen LogP) is 2.70. The van der Waals surface area contributed by atoms with E-state index >= 15 is 0 Å². The first-order chi connectivity index (χ1) is 8.85. The van der Waals surface area contributed by atoms with Crippen molar-refractivity contribution in [2.45, 2.75) is 32.2 Å². The zero-order valence-corrected chi connectivity index (χ0v) is 11.4. The molecule has 0 aromatic heterocycles. The van der Waals surface area contributed by atoms with Crippen molar-refractivity contribution in [1.82, 2.24) is 5.32 Å². The summed E-state index contributed by atoms with van der Waals surface area (Å²) >= 11 is 0. The topological polar surface area (TPSA) is 30.5 Å². The molecule has 2 rings (SSSR count). The van der Waals surface area contributed by atoms with Gasteiger partial charge in [-0.1, -0.05) is 6.07 Å². The Morgan fingerprint density at radius 2 is 2.22 bits per heavy atom. The van der Waals surface area contributed by atoms with Gasteiger partial charge in [0.25, 0.3) is 0 Å². The average molecular weight is 249 g/mol. The van der Waals surface area contributed by atoms with E-state index in [0.29, 0.717) is 19.3 Å². The lowest BCUT2D eigenvalue weighted by Crippen LogP contribution is -2.21. The molecule has 0 bridgehead atoms. The number of ether oxygens (including phenoxy) is 2. The van der Waals surface area contributed by atoms with Crippen molar-refractivity contribution in [2.24, 2.45) is 0 Å². The standard InChI is InChI=1S/C15H23NO2/c1-3-17-9-10-18-13-8-7-12-5-4-6-15(16-2)14(12)11-13/h7-8,11,15-16H,3-6,9-10H2,1-2H3. The van der Waals surface area contributed by atoms with Gasteiger partial charge in [-0.3, -0.25) is 0 Å². The van der Waals surface area contributed by atoms with Crippen LogP contribution in [-0.4, -0.2) is 26.9 Å². The highest BCUT2D eigenvalue weighted by Crippen LogP contribution is 2.32. The Morgan fingerprint density at radius 1 is 1.33 bits per heavy atom. The van der Waals surface area contributed by atoms with Crippen LogP contribution in [0.1, 0.15) is 36.9 Å². The lowest BCUT2D eigenvalue weighted by atomic mass is 9.87. The molecule has 0 heterocycles. The highest BCUT2D eigenvalue weighted by Gasteiger charge is 2.18. The molecule has 0 aliphatic heterocycles. The third kappa shape index (κ3) is 3.24. The summed E-state index contributed by atoms with van der Waals surface area (Å²) in [6.07, 6.45) is 3.67. The largest absolute Gasteiger partial charge is 0.491 e. The number of rotatable bonds is 6. The van der Waals surface area contributed by atoms with Crippen molar-refractivity contribution in [3.8, 4) is 5.75 Å². The van der Waals surface area contributed by atoms with Crippen molar-refractivity contribution in [3.05, 3.63) is 29.3 Å². The van der Waals surface area contributed by atoms with Gasteiger partial charge >= 0.3 is 0 Å². The predicted molar refractivity (Wildman–Crippen MR) is 73.2 cm³/mol. The fourth-order valence-electron chi connectivity index (χ4n) is 2.53. The molecule has 0 fully saturated rings. The monoisotopic (exact) mass is 249 g/mol. The van der Waals surface area contributed by atoms with Gasteiger partial charge in [-0.15, -0.1) is 0 Å². The molecule has 100 valence electrons. The Morgan fingerprint density at radius 3 is 3.00 bits per heavy atom. The Bertz CT molecular complexity index is 379. The Hall–Kier alpha value is -1.06. The van der Waals surface area contributed by atoms with E-state index in [1.54, 1.807) is 0 Å². The van der Waals surface area contributed by atoms with Crippen LogP contribution >= 0.6 is 0 Å². The minimum absolute atomic E-state index is 0.476. The maximum atomic E-state index is 5.71. The summed E-state index contributed by atoms with van der Waals surface area (Å²) in [7, 11) is 2.03. The lowest BCUT2D eigenvalue weighted by molar-refractivity contribution is 0.110. The third-order valence-electron chi connectivity index (χ3n) is 3.48. The number of benzene rings is 1. The third-order valence-corrected chi connectivity index (χ3v) is 3.48. The van der Waals surface area contributed by atoms with Gasteiger partial charge in [0, 0.05) is 12.6 Å². The summed E-state index contributed by atoms with van der Waals surface area (Å²) in [6, 6.07) is 6.93. The first-order valence-electron chi connectivity index (χ1n) is 6.85. The van der Waals surface area contributed by atoms with Crippen molar-refractivity contribution in [1.29, 1.82) is 0 Å². The van der Waals surface area contributed by atoms with Gasteiger partial charge < -0.3 is 14.8 Å². The highest BCUT2D eigenvalue weighted by atomic mass is 16.5. The molecule has 3 nitrogen and oxygen atoms in total. The zero-order valence-electron chi connectivity index (χ0n) is 11.4. The molecule has 1 aliphatic rings. The van der Waals surface area contributed by atoms with Gasteiger partial charge in [0.2, 0.25) is 0 Å². The van der Waals surface area contributed by atoms with Gasteiger partial charge in [-0.2, -0.15) is 0 Å². The molecule has 0 radical (unpaired) electrons. The summed E-state index contributed by atoms with van der Waals surface area (Å²) < 4.78 is 11.0. The normalized spacial score (nSPS) is 18.4. The van der Waals surface area contributed by atoms with Crippen molar-refractivity contribution < 1.29 is 9.47 Å². The Labute approximate surface area is 109 Å². The molecule has 0 saturated carbocycles. The van der Waals surface area contributed by atoms with Crippen LogP contribution in [0, 0.1) is 0 Å². The Kier molecular flexibility index (Phi) is 5.02. The molecule has 0 spiro atoms. The van der Waals surface area contributed by atoms with Crippen molar-refractivity contribution in [3.63, 3.8) is 0 Å². The van der Waals surface area contributed by atoms with Gasteiger partial charge in [-0.05, 0) is 56.5 Å². The molecule has 18 heavy (non-hydrogen) atoms. The molecule has 1 unspecified atom stereocenters. The molecular weight excluding hydrogens is 226 g/mol. The first kappa shape index (κ1) is 13.4. The van der Waals surface area contributed by atoms with Gasteiger partial charge in [0.1, 0.15) is 12.4 Å². The molecule has 1 aromatic carbocycles. The second-order valence-corrected chi connectivity index (χ2v) is 4.64. The van der Waals surface area contributed by atoms with Gasteiger partial charge in [-0.25, -0.2) is 0 Å². The first-order valence-corrected chi connectivity index (χ1v) is 6.85. The highest BCUT2D eigenvalue weighted by molar-refractivity contribution is 5.39. The zero-order chi connectivity index (χ0) is 12.8. The summed E-state index contributed by atoms with van der Waals surface area (Å²) in [5.74, 6) is 0.954. The van der Waals surface area contributed by atoms with E-state index in [-0.39, 0.29) is 0 Å². The van der Waals surface area contributed by atoms with E-state index in [2.05, 4.69) is 23.5 Å². The average Bonchev–Trinajstić information content (AvgIpc) is 2.43. The minimum Gasteiger partial charge on any atom is -0.491 e. The second-order valence-electron chi connectivity index (χ2n) is 4.64. The van der Waals surface area contributed by atoms with Crippen LogP contribution in [0.15, 0.2) is 18.2 Å². The van der Waals surface area contributed by atoms with E-state index in [1.807, 2.05) is 14.0 Å². The molecule has 0 amide bonds. The number of hydrogen-bond donors (Lipinski definition) is 1. The van der Waals surface area contributed by atoms with E-state index < -0.39 is 0 Å². The maximum Gasteiger partial charge on any atom is 0.119 e. The van der Waals surface area contributed by atoms with Crippen LogP contribution in [0.3, 0.4) is 0 Å². The van der Waals surface area contributed by atoms with Gasteiger partial charge in [0.05, 0.1) is 6.61 Å². The molecule has 0 saturated heterocycles. The summed E-state index contributed by atoms with van der Waals surface area (Å²) in [5, 5.41) is 3.38. The van der Waals surface area contributed by atoms with Gasteiger partial charge in [0.15, 0.2) is 0 Å². The minimum atomic E-state index is 0.476. The fourth-order valence-corrected chi connectivity index (χ4v) is 2.53. The fraction of sp³-hybridized carbons (Fsp3) is 0.600.